The maximum Gasteiger partial charge on any atom is 0.421 e. The Balaban J connectivity index is 1.08. The lowest BCUT2D eigenvalue weighted by Crippen LogP contribution is -2.47. The van der Waals surface area contributed by atoms with E-state index in [4.69, 9.17) is 4.74 Å². The molecule has 0 saturated carbocycles. The summed E-state index contributed by atoms with van der Waals surface area (Å²) < 4.78 is 20.7. The Morgan fingerprint density at radius 1 is 0.897 bits per heavy atom. The van der Waals surface area contributed by atoms with Gasteiger partial charge in [0.25, 0.3) is 0 Å². The number of carbonyl (C=O) groups excluding carboxylic acids is 2. The van der Waals surface area contributed by atoms with Crippen molar-refractivity contribution in [1.82, 2.24) is 4.90 Å². The minimum atomic E-state index is -0.629. The van der Waals surface area contributed by atoms with Gasteiger partial charge in [-0.2, -0.15) is 0 Å². The van der Waals surface area contributed by atoms with Crippen LogP contribution < -0.4 is 9.80 Å². The molecule has 1 fully saturated rings. The van der Waals surface area contributed by atoms with Crippen LogP contribution in [0.15, 0.2) is 72.1 Å². The Hall–Kier alpha value is -3.75. The van der Waals surface area contributed by atoms with Gasteiger partial charge in [-0.25, -0.2) is 14.1 Å². The second-order valence-electron chi connectivity index (χ2n) is 10.1. The van der Waals surface area contributed by atoms with E-state index in [1.807, 2.05) is 47.8 Å². The normalized spacial score (nSPS) is 16.0. The van der Waals surface area contributed by atoms with Crippen LogP contribution in [0.5, 0.6) is 0 Å². The van der Waals surface area contributed by atoms with Gasteiger partial charge in [0.1, 0.15) is 12.4 Å². The fourth-order valence-electron chi connectivity index (χ4n) is 5.44. The van der Waals surface area contributed by atoms with Crippen LogP contribution in [0, 0.1) is 5.82 Å². The summed E-state index contributed by atoms with van der Waals surface area (Å²) in [6, 6.07) is 20.9. The summed E-state index contributed by atoms with van der Waals surface area (Å²) >= 11 is 1.57. The minimum absolute atomic E-state index is 0.123. The summed E-state index contributed by atoms with van der Waals surface area (Å²) in [5.41, 5.74) is 4.55. The number of ether oxygens (including phenoxy) is 1. The van der Waals surface area contributed by atoms with E-state index >= 15 is 0 Å². The van der Waals surface area contributed by atoms with Gasteiger partial charge >= 0.3 is 6.09 Å². The highest BCUT2D eigenvalue weighted by Gasteiger charge is 2.31. The number of piperazine rings is 1. The molecule has 8 heteroatoms. The molecule has 0 radical (unpaired) electrons. The van der Waals surface area contributed by atoms with Crippen molar-refractivity contribution < 1.29 is 18.7 Å². The number of nitrogens with zero attached hydrogens (tertiary/aromatic N) is 3. The first kappa shape index (κ1) is 25.5. The summed E-state index contributed by atoms with van der Waals surface area (Å²) in [7, 11) is 0. The van der Waals surface area contributed by atoms with Crippen molar-refractivity contribution in [2.75, 3.05) is 42.5 Å². The van der Waals surface area contributed by atoms with Gasteiger partial charge in [0.05, 0.1) is 5.69 Å². The minimum Gasteiger partial charge on any atom is -0.444 e. The van der Waals surface area contributed by atoms with Gasteiger partial charge in [0.15, 0.2) is 0 Å². The van der Waals surface area contributed by atoms with Crippen LogP contribution in [-0.4, -0.2) is 49.6 Å². The van der Waals surface area contributed by atoms with Crippen LogP contribution >= 0.6 is 11.3 Å². The Morgan fingerprint density at radius 3 is 2.54 bits per heavy atom. The molecule has 0 aliphatic carbocycles. The van der Waals surface area contributed by atoms with Gasteiger partial charge in [-0.15, -0.1) is 11.3 Å². The Labute approximate surface area is 231 Å². The van der Waals surface area contributed by atoms with Gasteiger partial charge in [-0.05, 0) is 59.2 Å². The van der Waals surface area contributed by atoms with Crippen LogP contribution in [0.25, 0.3) is 10.1 Å². The molecule has 1 saturated heterocycles. The lowest BCUT2D eigenvalue weighted by atomic mass is 9.98. The van der Waals surface area contributed by atoms with Crippen molar-refractivity contribution in [2.45, 2.75) is 25.9 Å². The maximum atomic E-state index is 14.2. The van der Waals surface area contributed by atoms with Gasteiger partial charge in [-0.1, -0.05) is 42.5 Å². The molecule has 39 heavy (non-hydrogen) atoms. The molecule has 6 nitrogen and oxygen atoms in total. The van der Waals surface area contributed by atoms with Gasteiger partial charge in [0, 0.05) is 54.9 Å². The molecular formula is C31H30FN3O3S. The summed E-state index contributed by atoms with van der Waals surface area (Å²) in [5, 5.41) is 3.13. The van der Waals surface area contributed by atoms with Crippen molar-refractivity contribution >= 4 is 44.8 Å². The first-order valence-electron chi connectivity index (χ1n) is 13.3. The van der Waals surface area contributed by atoms with Crippen LogP contribution in [0.3, 0.4) is 0 Å². The maximum absolute atomic E-state index is 14.2. The number of aryl methyl sites for hydroxylation is 1. The Bertz CT molecular complexity index is 1500. The third-order valence-corrected chi connectivity index (χ3v) is 8.44. The predicted molar refractivity (Wildman–Crippen MR) is 153 cm³/mol. The average molecular weight is 544 g/mol. The average Bonchev–Trinajstić information content (AvgIpc) is 3.43. The Morgan fingerprint density at radius 2 is 1.72 bits per heavy atom. The second kappa shape index (κ2) is 11.2. The number of benzene rings is 3. The molecule has 0 spiro atoms. The molecular weight excluding hydrogens is 513 g/mol. The first-order valence-corrected chi connectivity index (χ1v) is 14.2. The van der Waals surface area contributed by atoms with E-state index in [0.717, 1.165) is 71.6 Å². The number of fused-ring (bicyclic) bond motifs is 2. The molecule has 6 rings (SSSR count). The number of hydrogen-bond acceptors (Lipinski definition) is 6. The van der Waals surface area contributed by atoms with E-state index in [1.54, 1.807) is 23.5 Å². The molecule has 200 valence electrons. The third kappa shape index (κ3) is 5.53. The molecule has 0 atom stereocenters. The molecule has 2 amide bonds. The van der Waals surface area contributed by atoms with Crippen LogP contribution in [-0.2, 0) is 29.0 Å². The molecule has 3 heterocycles. The largest absolute Gasteiger partial charge is 0.444 e. The third-order valence-electron chi connectivity index (χ3n) is 7.58. The van der Waals surface area contributed by atoms with Gasteiger partial charge < -0.3 is 9.64 Å². The number of rotatable bonds is 6. The highest BCUT2D eigenvalue weighted by molar-refractivity contribution is 7.17. The van der Waals surface area contributed by atoms with E-state index in [2.05, 4.69) is 21.9 Å². The number of halogens is 1. The number of imide groups is 1. The topological polar surface area (TPSA) is 53.1 Å². The van der Waals surface area contributed by atoms with Crippen LogP contribution in [0.4, 0.5) is 20.6 Å². The first-order chi connectivity index (χ1) is 19.0. The number of hydrogen-bond donors (Lipinski definition) is 0. The van der Waals surface area contributed by atoms with Crippen molar-refractivity contribution in [1.29, 1.82) is 0 Å². The van der Waals surface area contributed by atoms with E-state index in [0.29, 0.717) is 18.5 Å². The number of thiophene rings is 1. The molecule has 1 aromatic heterocycles. The molecule has 3 aromatic carbocycles. The quantitative estimate of drug-likeness (QED) is 0.298. The molecule has 0 bridgehead atoms. The second-order valence-corrected chi connectivity index (χ2v) is 11.0. The zero-order chi connectivity index (χ0) is 26.8. The van der Waals surface area contributed by atoms with Crippen molar-refractivity contribution in [3.8, 4) is 0 Å². The molecule has 2 aliphatic heterocycles. The fraction of sp³-hybridized carbons (Fsp3) is 0.290. The number of carbonyl (C=O) groups is 2. The van der Waals surface area contributed by atoms with E-state index in [-0.39, 0.29) is 18.3 Å². The smallest absolute Gasteiger partial charge is 0.421 e. The molecule has 0 N–H and O–H groups in total. The molecule has 2 aliphatic rings. The van der Waals surface area contributed by atoms with Crippen molar-refractivity contribution in [3.63, 3.8) is 0 Å². The fourth-order valence-corrected chi connectivity index (χ4v) is 6.27. The predicted octanol–water partition coefficient (Wildman–Crippen LogP) is 6.02. The highest BCUT2D eigenvalue weighted by atomic mass is 32.1. The van der Waals surface area contributed by atoms with Crippen LogP contribution in [0.1, 0.15) is 23.1 Å². The van der Waals surface area contributed by atoms with Crippen LogP contribution in [0.2, 0.25) is 0 Å². The summed E-state index contributed by atoms with van der Waals surface area (Å²) in [6.07, 6.45) is 1.09. The zero-order valence-corrected chi connectivity index (χ0v) is 22.5. The summed E-state index contributed by atoms with van der Waals surface area (Å²) in [6.45, 7) is 4.46. The monoisotopic (exact) mass is 543 g/mol. The summed E-state index contributed by atoms with van der Waals surface area (Å²) in [5.74, 6) is -0.419. The van der Waals surface area contributed by atoms with Crippen molar-refractivity contribution in [3.05, 3.63) is 94.6 Å². The standard InChI is InChI=1S/C31H30FN3O3S/c32-25-19-28(26-11-17-39-29(26)20-25)34-15-13-33(14-16-34)12-10-22-6-7-24-8-9-30(36)35(27(24)18-22)31(37)38-21-23-4-2-1-3-5-23/h1-7,11,17-20H,8-10,12-16,21H2. The van der Waals surface area contributed by atoms with Crippen molar-refractivity contribution in [2.24, 2.45) is 0 Å². The summed E-state index contributed by atoms with van der Waals surface area (Å²) in [4.78, 5) is 31.6. The van der Waals surface area contributed by atoms with Gasteiger partial charge in [0.2, 0.25) is 5.91 Å². The Kier molecular flexibility index (Phi) is 7.30. The zero-order valence-electron chi connectivity index (χ0n) is 21.6. The SMILES string of the molecule is O=C1CCc2ccc(CCN3CCN(c4cc(F)cc5sccc45)CC3)cc2N1C(=O)OCc1ccccc1. The number of amides is 2. The lowest BCUT2D eigenvalue weighted by molar-refractivity contribution is -0.118. The lowest BCUT2D eigenvalue weighted by Gasteiger charge is -2.36. The molecule has 4 aromatic rings. The van der Waals surface area contributed by atoms with E-state index in [9.17, 15) is 14.0 Å². The van der Waals surface area contributed by atoms with E-state index in [1.165, 1.54) is 4.90 Å². The molecule has 0 unspecified atom stereocenters. The number of anilines is 2. The highest BCUT2D eigenvalue weighted by Crippen LogP contribution is 2.33. The van der Waals surface area contributed by atoms with Gasteiger partial charge in [-0.3, -0.25) is 9.69 Å². The van der Waals surface area contributed by atoms with E-state index < -0.39 is 6.09 Å².